The van der Waals surface area contributed by atoms with Gasteiger partial charge >= 0.3 is 6.09 Å². The summed E-state index contributed by atoms with van der Waals surface area (Å²) >= 11 is 0. The molecular formula is C10H18N2O3. The fraction of sp³-hybridized carbons (Fsp3) is 0.800. The molecule has 0 saturated heterocycles. The van der Waals surface area contributed by atoms with E-state index in [9.17, 15) is 9.59 Å². The Bertz CT molecular complexity index is 225. The molecule has 0 aromatic heterocycles. The van der Waals surface area contributed by atoms with Crippen LogP contribution in [0.5, 0.6) is 0 Å². The highest BCUT2D eigenvalue weighted by atomic mass is 16.5. The molecule has 0 spiro atoms. The molecule has 2 amide bonds. The van der Waals surface area contributed by atoms with Gasteiger partial charge in [0.25, 0.3) is 0 Å². The zero-order valence-electron chi connectivity index (χ0n) is 9.04. The third-order valence-electron chi connectivity index (χ3n) is 2.39. The molecule has 0 aromatic rings. The highest BCUT2D eigenvalue weighted by Crippen LogP contribution is 2.17. The van der Waals surface area contributed by atoms with Crippen molar-refractivity contribution in [2.24, 2.45) is 0 Å². The van der Waals surface area contributed by atoms with Gasteiger partial charge in [-0.05, 0) is 19.8 Å². The molecular weight excluding hydrogens is 196 g/mol. The Balaban J connectivity index is 2.10. The standard InChI is InChI=1S/C10H18N2O3/c1-2-15-10(14)11-7-9(13)12-8-5-3-4-6-8/h8H,2-7H2,1H3,(H,11,14)(H,12,13). The van der Waals surface area contributed by atoms with E-state index in [0.29, 0.717) is 12.6 Å². The molecule has 1 aliphatic rings. The molecule has 0 bridgehead atoms. The summed E-state index contributed by atoms with van der Waals surface area (Å²) in [5.74, 6) is -0.144. The van der Waals surface area contributed by atoms with Crippen LogP contribution in [0.1, 0.15) is 32.6 Å². The first-order chi connectivity index (χ1) is 7.22. The van der Waals surface area contributed by atoms with Crippen LogP contribution in [-0.4, -0.2) is 31.2 Å². The summed E-state index contributed by atoms with van der Waals surface area (Å²) in [4.78, 5) is 22.2. The molecule has 2 N–H and O–H groups in total. The van der Waals surface area contributed by atoms with Gasteiger partial charge in [0.2, 0.25) is 5.91 Å². The van der Waals surface area contributed by atoms with Crippen LogP contribution in [0.15, 0.2) is 0 Å². The number of rotatable bonds is 4. The Morgan fingerprint density at radius 1 is 1.33 bits per heavy atom. The van der Waals surface area contributed by atoms with Gasteiger partial charge < -0.3 is 15.4 Å². The van der Waals surface area contributed by atoms with Crippen molar-refractivity contribution in [3.05, 3.63) is 0 Å². The van der Waals surface area contributed by atoms with Crippen molar-refractivity contribution in [1.29, 1.82) is 0 Å². The quantitative estimate of drug-likeness (QED) is 0.727. The zero-order valence-corrected chi connectivity index (χ0v) is 9.04. The van der Waals surface area contributed by atoms with E-state index in [1.54, 1.807) is 6.92 Å². The van der Waals surface area contributed by atoms with Gasteiger partial charge in [-0.2, -0.15) is 0 Å². The van der Waals surface area contributed by atoms with Crippen molar-refractivity contribution in [3.8, 4) is 0 Å². The second kappa shape index (κ2) is 6.27. The van der Waals surface area contributed by atoms with Crippen molar-refractivity contribution in [1.82, 2.24) is 10.6 Å². The SMILES string of the molecule is CCOC(=O)NCC(=O)NC1CCCC1. The van der Waals surface area contributed by atoms with E-state index in [2.05, 4.69) is 15.4 Å². The predicted octanol–water partition coefficient (Wildman–Crippen LogP) is 0.791. The summed E-state index contributed by atoms with van der Waals surface area (Å²) in [6.07, 6.45) is 3.90. The first-order valence-electron chi connectivity index (χ1n) is 5.42. The van der Waals surface area contributed by atoms with Gasteiger partial charge in [0.05, 0.1) is 6.61 Å². The average Bonchev–Trinajstić information content (AvgIpc) is 2.68. The summed E-state index contributed by atoms with van der Waals surface area (Å²) in [5, 5.41) is 5.25. The van der Waals surface area contributed by atoms with Gasteiger partial charge in [0.1, 0.15) is 6.54 Å². The molecule has 15 heavy (non-hydrogen) atoms. The lowest BCUT2D eigenvalue weighted by atomic mass is 10.2. The van der Waals surface area contributed by atoms with Crippen LogP contribution in [0.4, 0.5) is 4.79 Å². The molecule has 1 fully saturated rings. The van der Waals surface area contributed by atoms with Gasteiger partial charge in [-0.15, -0.1) is 0 Å². The Kier molecular flexibility index (Phi) is 4.93. The van der Waals surface area contributed by atoms with E-state index in [1.165, 1.54) is 12.8 Å². The van der Waals surface area contributed by atoms with E-state index in [0.717, 1.165) is 12.8 Å². The topological polar surface area (TPSA) is 67.4 Å². The molecule has 5 nitrogen and oxygen atoms in total. The molecule has 5 heteroatoms. The van der Waals surface area contributed by atoms with Crippen LogP contribution >= 0.6 is 0 Å². The minimum atomic E-state index is -0.543. The first kappa shape index (κ1) is 11.8. The van der Waals surface area contributed by atoms with Crippen LogP contribution in [-0.2, 0) is 9.53 Å². The van der Waals surface area contributed by atoms with Crippen molar-refractivity contribution >= 4 is 12.0 Å². The molecule has 0 heterocycles. The third kappa shape index (κ3) is 4.67. The van der Waals surface area contributed by atoms with Gasteiger partial charge in [-0.1, -0.05) is 12.8 Å². The van der Waals surface area contributed by atoms with Crippen molar-refractivity contribution < 1.29 is 14.3 Å². The van der Waals surface area contributed by atoms with Gasteiger partial charge in [0.15, 0.2) is 0 Å². The number of hydrogen-bond donors (Lipinski definition) is 2. The normalized spacial score (nSPS) is 16.1. The van der Waals surface area contributed by atoms with Crippen molar-refractivity contribution in [2.45, 2.75) is 38.6 Å². The van der Waals surface area contributed by atoms with Gasteiger partial charge in [-0.3, -0.25) is 4.79 Å². The number of nitrogens with one attached hydrogen (secondary N) is 2. The minimum Gasteiger partial charge on any atom is -0.450 e. The second-order valence-corrected chi connectivity index (χ2v) is 3.62. The second-order valence-electron chi connectivity index (χ2n) is 3.62. The van der Waals surface area contributed by atoms with Crippen molar-refractivity contribution in [3.63, 3.8) is 0 Å². The summed E-state index contributed by atoms with van der Waals surface area (Å²) in [6.45, 7) is 2.03. The molecule has 1 rings (SSSR count). The monoisotopic (exact) mass is 214 g/mol. The summed E-state index contributed by atoms with van der Waals surface area (Å²) < 4.78 is 4.63. The van der Waals surface area contributed by atoms with Crippen LogP contribution in [0, 0.1) is 0 Å². The Morgan fingerprint density at radius 2 is 2.00 bits per heavy atom. The molecule has 0 unspecified atom stereocenters. The number of ether oxygens (including phenoxy) is 1. The largest absolute Gasteiger partial charge is 0.450 e. The Labute approximate surface area is 89.6 Å². The number of amides is 2. The lowest BCUT2D eigenvalue weighted by Gasteiger charge is -2.12. The number of carbonyl (C=O) groups is 2. The van der Waals surface area contributed by atoms with E-state index in [1.807, 2.05) is 0 Å². The predicted molar refractivity (Wildman–Crippen MR) is 55.4 cm³/mol. The van der Waals surface area contributed by atoms with E-state index >= 15 is 0 Å². The maximum absolute atomic E-state index is 11.3. The third-order valence-corrected chi connectivity index (χ3v) is 2.39. The Hall–Kier alpha value is -1.26. The summed E-state index contributed by atoms with van der Waals surface area (Å²) in [6, 6.07) is 0.293. The lowest BCUT2D eigenvalue weighted by molar-refractivity contribution is -0.120. The maximum atomic E-state index is 11.3. The van der Waals surface area contributed by atoms with E-state index < -0.39 is 6.09 Å². The number of hydrogen-bond acceptors (Lipinski definition) is 3. The molecule has 0 atom stereocenters. The van der Waals surface area contributed by atoms with Crippen LogP contribution in [0.3, 0.4) is 0 Å². The molecule has 1 aliphatic carbocycles. The van der Waals surface area contributed by atoms with Crippen LogP contribution in [0.25, 0.3) is 0 Å². The smallest absolute Gasteiger partial charge is 0.407 e. The molecule has 0 aliphatic heterocycles. The highest BCUT2D eigenvalue weighted by Gasteiger charge is 2.17. The highest BCUT2D eigenvalue weighted by molar-refractivity contribution is 5.82. The molecule has 0 radical (unpaired) electrons. The first-order valence-corrected chi connectivity index (χ1v) is 5.42. The fourth-order valence-corrected chi connectivity index (χ4v) is 1.68. The van der Waals surface area contributed by atoms with E-state index in [-0.39, 0.29) is 12.5 Å². The Morgan fingerprint density at radius 3 is 2.60 bits per heavy atom. The molecule has 1 saturated carbocycles. The summed E-state index contributed by atoms with van der Waals surface area (Å²) in [7, 11) is 0. The zero-order chi connectivity index (χ0) is 11.1. The van der Waals surface area contributed by atoms with Crippen LogP contribution in [0.2, 0.25) is 0 Å². The van der Waals surface area contributed by atoms with Gasteiger partial charge in [-0.25, -0.2) is 4.79 Å². The van der Waals surface area contributed by atoms with Gasteiger partial charge in [0, 0.05) is 6.04 Å². The number of carbonyl (C=O) groups excluding carboxylic acids is 2. The average molecular weight is 214 g/mol. The van der Waals surface area contributed by atoms with E-state index in [4.69, 9.17) is 0 Å². The minimum absolute atomic E-state index is 0.00463. The maximum Gasteiger partial charge on any atom is 0.407 e. The number of alkyl carbamates (subject to hydrolysis) is 1. The van der Waals surface area contributed by atoms with Crippen LogP contribution < -0.4 is 10.6 Å². The molecule has 0 aromatic carbocycles. The lowest BCUT2D eigenvalue weighted by Crippen LogP contribution is -2.41. The molecule has 86 valence electrons. The fourth-order valence-electron chi connectivity index (χ4n) is 1.68. The summed E-state index contributed by atoms with van der Waals surface area (Å²) in [5.41, 5.74) is 0. The van der Waals surface area contributed by atoms with Crippen molar-refractivity contribution in [2.75, 3.05) is 13.2 Å².